The largest absolute Gasteiger partial charge is 0.497 e. The van der Waals surface area contributed by atoms with Crippen LogP contribution in [-0.4, -0.2) is 40.5 Å². The Kier molecular flexibility index (Phi) is 6.52. The Morgan fingerprint density at radius 3 is 2.32 bits per heavy atom. The average molecular weight is 488 g/mol. The number of nitrogens with zero attached hydrogens (tertiary/aromatic N) is 3. The van der Waals surface area contributed by atoms with Crippen molar-refractivity contribution in [2.24, 2.45) is 0 Å². The smallest absolute Gasteiger partial charge is 0.446 e. The van der Waals surface area contributed by atoms with Crippen LogP contribution in [-0.2, 0) is 11.3 Å². The highest BCUT2D eigenvalue weighted by Crippen LogP contribution is 2.38. The summed E-state index contributed by atoms with van der Waals surface area (Å²) in [5.74, 6) is 0.264. The molecule has 0 spiro atoms. The Balaban J connectivity index is 1.58. The van der Waals surface area contributed by atoms with Crippen molar-refractivity contribution in [2.45, 2.75) is 29.9 Å². The number of ether oxygens (including phenoxy) is 1. The van der Waals surface area contributed by atoms with Gasteiger partial charge in [0.1, 0.15) is 11.8 Å². The predicted octanol–water partition coefficient (Wildman–Crippen LogP) is 5.73. The summed E-state index contributed by atoms with van der Waals surface area (Å²) in [5.41, 5.74) is -1.71. The lowest BCUT2D eigenvalue weighted by Crippen LogP contribution is -2.33. The molecule has 0 aliphatic carbocycles. The van der Waals surface area contributed by atoms with Crippen LogP contribution in [0.2, 0.25) is 0 Å². The van der Waals surface area contributed by atoms with Crippen LogP contribution in [0, 0.1) is 0 Å². The van der Waals surface area contributed by atoms with Gasteiger partial charge in [0.05, 0.1) is 12.8 Å². The maximum atomic E-state index is 13.2. The summed E-state index contributed by atoms with van der Waals surface area (Å²) in [6.07, 6.45) is 3.31. The van der Waals surface area contributed by atoms with Crippen molar-refractivity contribution in [2.75, 3.05) is 12.0 Å². The van der Waals surface area contributed by atoms with Crippen molar-refractivity contribution in [3.8, 4) is 16.9 Å². The highest BCUT2D eigenvalue weighted by molar-refractivity contribution is 8.00. The van der Waals surface area contributed by atoms with E-state index in [0.29, 0.717) is 5.75 Å². The van der Waals surface area contributed by atoms with E-state index >= 15 is 0 Å². The molecule has 176 valence electrons. The van der Waals surface area contributed by atoms with Crippen LogP contribution in [0.15, 0.2) is 71.9 Å². The number of halogens is 3. The molecule has 2 aromatic carbocycles. The average Bonchev–Trinajstić information content (AvgIpc) is 3.02. The van der Waals surface area contributed by atoms with Gasteiger partial charge in [-0.25, -0.2) is 9.69 Å². The van der Waals surface area contributed by atoms with Crippen LogP contribution in [0.1, 0.15) is 12.5 Å². The van der Waals surface area contributed by atoms with Crippen LogP contribution in [0.25, 0.3) is 11.1 Å². The topological polar surface area (TPSA) is 62.7 Å². The summed E-state index contributed by atoms with van der Waals surface area (Å²) in [6, 6.07) is 13.1. The quantitative estimate of drug-likeness (QED) is 0.328. The van der Waals surface area contributed by atoms with Gasteiger partial charge < -0.3 is 9.64 Å². The minimum Gasteiger partial charge on any atom is -0.497 e. The number of anilines is 1. The van der Waals surface area contributed by atoms with Crippen LogP contribution in [0.3, 0.4) is 0 Å². The monoisotopic (exact) mass is 487 g/mol. The molecule has 34 heavy (non-hydrogen) atoms. The van der Waals surface area contributed by atoms with Crippen molar-refractivity contribution in [1.82, 2.24) is 9.88 Å². The van der Waals surface area contributed by atoms with Crippen molar-refractivity contribution >= 4 is 29.4 Å². The van der Waals surface area contributed by atoms with Crippen LogP contribution < -0.4 is 9.64 Å². The Labute approximate surface area is 198 Å². The number of urea groups is 1. The summed E-state index contributed by atoms with van der Waals surface area (Å²) < 4.78 is 43.0. The molecule has 0 bridgehead atoms. The van der Waals surface area contributed by atoms with Crippen molar-refractivity contribution in [3.05, 3.63) is 72.6 Å². The number of methoxy groups -OCH3 is 1. The van der Waals surface area contributed by atoms with Crippen LogP contribution in [0.5, 0.6) is 5.75 Å². The molecule has 1 aliphatic rings. The molecule has 1 saturated heterocycles. The summed E-state index contributed by atoms with van der Waals surface area (Å²) in [7, 11) is 1.58. The Morgan fingerprint density at radius 1 is 1.03 bits per heavy atom. The van der Waals surface area contributed by atoms with E-state index in [9.17, 15) is 22.8 Å². The number of thioether (sulfide) groups is 1. The van der Waals surface area contributed by atoms with E-state index in [2.05, 4.69) is 4.98 Å². The van der Waals surface area contributed by atoms with E-state index < -0.39 is 23.5 Å². The van der Waals surface area contributed by atoms with Gasteiger partial charge in [-0.05, 0) is 72.3 Å². The van der Waals surface area contributed by atoms with Crippen LogP contribution >= 0.6 is 11.8 Å². The molecular formula is C24H20F3N3O3S. The number of alkyl halides is 3. The highest BCUT2D eigenvalue weighted by atomic mass is 32.2. The van der Waals surface area contributed by atoms with Gasteiger partial charge >= 0.3 is 11.5 Å². The van der Waals surface area contributed by atoms with Crippen molar-refractivity contribution < 1.29 is 27.5 Å². The predicted molar refractivity (Wildman–Crippen MR) is 122 cm³/mol. The van der Waals surface area contributed by atoms with Gasteiger partial charge in [-0.1, -0.05) is 12.1 Å². The van der Waals surface area contributed by atoms with Gasteiger partial charge in [0.2, 0.25) is 0 Å². The second-order valence-corrected chi connectivity index (χ2v) is 8.70. The van der Waals surface area contributed by atoms with E-state index in [1.54, 1.807) is 32.5 Å². The van der Waals surface area contributed by atoms with E-state index in [1.165, 1.54) is 29.2 Å². The zero-order valence-corrected chi connectivity index (χ0v) is 19.1. The lowest BCUT2D eigenvalue weighted by Gasteiger charge is -2.21. The number of imide groups is 1. The molecular weight excluding hydrogens is 467 g/mol. The summed E-state index contributed by atoms with van der Waals surface area (Å²) in [4.78, 5) is 32.7. The molecule has 0 radical (unpaired) electrons. The molecule has 2 heterocycles. The van der Waals surface area contributed by atoms with E-state index in [0.717, 1.165) is 21.6 Å². The molecule has 1 fully saturated rings. The Hall–Kier alpha value is -3.53. The molecule has 1 aliphatic heterocycles. The van der Waals surface area contributed by atoms with Crippen molar-refractivity contribution in [1.29, 1.82) is 0 Å². The normalized spacial score (nSPS) is 16.3. The molecule has 3 amide bonds. The number of rotatable bonds is 6. The molecule has 1 aromatic heterocycles. The van der Waals surface area contributed by atoms with Gasteiger partial charge in [0, 0.05) is 29.4 Å². The number of pyridine rings is 1. The Morgan fingerprint density at radius 2 is 1.71 bits per heavy atom. The number of benzene rings is 2. The Bertz CT molecular complexity index is 1200. The molecule has 0 saturated carbocycles. The number of aromatic nitrogens is 1. The minimum absolute atomic E-state index is 0.0267. The molecule has 4 rings (SSSR count). The fourth-order valence-corrected chi connectivity index (χ4v) is 4.26. The van der Waals surface area contributed by atoms with E-state index in [-0.39, 0.29) is 28.9 Å². The lowest BCUT2D eigenvalue weighted by atomic mass is 10.0. The minimum atomic E-state index is -4.42. The fraction of sp³-hybridized carbons (Fsp3) is 0.208. The summed E-state index contributed by atoms with van der Waals surface area (Å²) >= 11 is -0.254. The third kappa shape index (κ3) is 4.86. The molecule has 1 unspecified atom stereocenters. The first kappa shape index (κ1) is 23.6. The first-order chi connectivity index (χ1) is 16.2. The molecule has 3 aromatic rings. The number of hydrogen-bond acceptors (Lipinski definition) is 5. The number of carbonyl (C=O) groups is 2. The number of amides is 3. The van der Waals surface area contributed by atoms with E-state index in [1.807, 2.05) is 24.3 Å². The molecule has 6 nitrogen and oxygen atoms in total. The molecule has 10 heteroatoms. The zero-order valence-electron chi connectivity index (χ0n) is 18.2. The molecule has 0 N–H and O–H groups in total. The zero-order chi connectivity index (χ0) is 24.5. The maximum absolute atomic E-state index is 13.2. The number of carbonyl (C=O) groups excluding carboxylic acids is 2. The molecule has 1 atom stereocenters. The third-order valence-electron chi connectivity index (χ3n) is 5.46. The second-order valence-electron chi connectivity index (χ2n) is 7.56. The maximum Gasteiger partial charge on any atom is 0.446 e. The van der Waals surface area contributed by atoms with Crippen LogP contribution in [0.4, 0.5) is 23.7 Å². The lowest BCUT2D eigenvalue weighted by molar-refractivity contribution is -0.119. The second kappa shape index (κ2) is 9.38. The van der Waals surface area contributed by atoms with Gasteiger partial charge in [-0.2, -0.15) is 13.2 Å². The number of hydrogen-bond donors (Lipinski definition) is 0. The standard InChI is InChI=1S/C24H20F3N3O3S/c1-15-22(31)30(18-5-9-20(10-6-18)34-24(25,26)27)23(32)29(15)14-17-11-12-28-13-21(17)16-3-7-19(33-2)8-4-16/h3-13,15H,14H2,1-2H3. The summed E-state index contributed by atoms with van der Waals surface area (Å²) in [5, 5.41) is 0. The van der Waals surface area contributed by atoms with Gasteiger partial charge in [-0.3, -0.25) is 9.78 Å². The van der Waals surface area contributed by atoms with E-state index in [4.69, 9.17) is 4.74 Å². The summed E-state index contributed by atoms with van der Waals surface area (Å²) in [6.45, 7) is 1.79. The van der Waals surface area contributed by atoms with Crippen molar-refractivity contribution in [3.63, 3.8) is 0 Å². The third-order valence-corrected chi connectivity index (χ3v) is 6.20. The first-order valence-electron chi connectivity index (χ1n) is 10.3. The highest BCUT2D eigenvalue weighted by Gasteiger charge is 2.43. The van der Waals surface area contributed by atoms with Gasteiger partial charge in [0.25, 0.3) is 5.91 Å². The first-order valence-corrected chi connectivity index (χ1v) is 11.1. The van der Waals surface area contributed by atoms with Gasteiger partial charge in [-0.15, -0.1) is 0 Å². The van der Waals surface area contributed by atoms with Gasteiger partial charge in [0.15, 0.2) is 0 Å². The SMILES string of the molecule is COc1ccc(-c2cnccc2CN2C(=O)N(c3ccc(SC(F)(F)F)cc3)C(=O)C2C)cc1. The fourth-order valence-electron chi connectivity index (χ4n) is 3.72.